The Labute approximate surface area is 76.8 Å². The molecule has 0 heterocycles. The highest BCUT2D eigenvalue weighted by molar-refractivity contribution is 4.97. The van der Waals surface area contributed by atoms with Crippen LogP contribution in [0.2, 0.25) is 0 Å². The largest absolute Gasteiger partial charge is 0.504 e. The van der Waals surface area contributed by atoms with Crippen LogP contribution in [-0.4, -0.2) is 7.11 Å². The van der Waals surface area contributed by atoms with Crippen LogP contribution in [0, 0.1) is 0 Å². The summed E-state index contributed by atoms with van der Waals surface area (Å²) in [6, 6.07) is 0. The van der Waals surface area contributed by atoms with Gasteiger partial charge in [-0.1, -0.05) is 26.7 Å². The molecule has 0 aliphatic rings. The Kier molecular flexibility index (Phi) is 8.30. The van der Waals surface area contributed by atoms with Gasteiger partial charge >= 0.3 is 0 Å². The molecule has 0 aromatic carbocycles. The number of hydrogen-bond donors (Lipinski definition) is 0. The van der Waals surface area contributed by atoms with Crippen molar-refractivity contribution < 1.29 is 4.74 Å². The molecular weight excluding hydrogens is 148 g/mol. The molecule has 1 heteroatoms. The summed E-state index contributed by atoms with van der Waals surface area (Å²) in [5.74, 6) is 0. The first-order chi connectivity index (χ1) is 5.85. The summed E-state index contributed by atoms with van der Waals surface area (Å²) in [7, 11) is 1.73. The molecule has 0 atom stereocenters. The number of rotatable bonds is 7. The first kappa shape index (κ1) is 11.5. The van der Waals surface area contributed by atoms with Crippen molar-refractivity contribution in [3.05, 3.63) is 11.8 Å². The van der Waals surface area contributed by atoms with Gasteiger partial charge in [0.2, 0.25) is 0 Å². The van der Waals surface area contributed by atoms with E-state index >= 15 is 0 Å². The lowest BCUT2D eigenvalue weighted by Gasteiger charge is -2.04. The van der Waals surface area contributed by atoms with Gasteiger partial charge in [-0.2, -0.15) is 0 Å². The highest BCUT2D eigenvalue weighted by Gasteiger charge is 1.96. The van der Waals surface area contributed by atoms with Crippen LogP contribution in [0.5, 0.6) is 0 Å². The highest BCUT2D eigenvalue weighted by Crippen LogP contribution is 2.14. The summed E-state index contributed by atoms with van der Waals surface area (Å²) < 4.78 is 5.04. The molecule has 0 saturated carbocycles. The molecule has 0 aromatic rings. The Morgan fingerprint density at radius 2 is 1.58 bits per heavy atom. The maximum Gasteiger partial charge on any atom is 0.0816 e. The first-order valence-corrected chi connectivity index (χ1v) is 5.05. The minimum atomic E-state index is 1.21. The van der Waals surface area contributed by atoms with Gasteiger partial charge in [0.15, 0.2) is 0 Å². The van der Waals surface area contributed by atoms with Gasteiger partial charge in [0.05, 0.1) is 13.4 Å². The fraction of sp³-hybridized carbons (Fsp3) is 0.818. The lowest BCUT2D eigenvalue weighted by Crippen LogP contribution is -1.86. The quantitative estimate of drug-likeness (QED) is 0.526. The summed E-state index contributed by atoms with van der Waals surface area (Å²) in [6.07, 6.45) is 9.47. The number of unbranched alkanes of at least 4 members (excludes halogenated alkanes) is 2. The molecule has 0 spiro atoms. The molecule has 0 amide bonds. The zero-order valence-corrected chi connectivity index (χ0v) is 8.73. The molecule has 0 unspecified atom stereocenters. The maximum atomic E-state index is 5.04. The lowest BCUT2D eigenvalue weighted by molar-refractivity contribution is 0.330. The SMILES string of the molecule is CCCCC(=COC)CCCC. The van der Waals surface area contributed by atoms with Crippen LogP contribution in [-0.2, 0) is 4.74 Å². The van der Waals surface area contributed by atoms with Crippen molar-refractivity contribution in [1.82, 2.24) is 0 Å². The molecule has 0 saturated heterocycles. The minimum Gasteiger partial charge on any atom is -0.504 e. The molecule has 0 fully saturated rings. The summed E-state index contributed by atoms with van der Waals surface area (Å²) in [6.45, 7) is 4.45. The monoisotopic (exact) mass is 170 g/mol. The standard InChI is InChI=1S/C11H22O/c1-4-6-8-11(10-12-3)9-7-5-2/h10H,4-9H2,1-3H3. The van der Waals surface area contributed by atoms with E-state index in [1.54, 1.807) is 7.11 Å². The molecule has 12 heavy (non-hydrogen) atoms. The van der Waals surface area contributed by atoms with Gasteiger partial charge in [0.1, 0.15) is 0 Å². The van der Waals surface area contributed by atoms with Crippen LogP contribution in [0.25, 0.3) is 0 Å². The third-order valence-electron chi connectivity index (χ3n) is 1.99. The maximum absolute atomic E-state index is 5.04. The fourth-order valence-electron chi connectivity index (χ4n) is 1.22. The summed E-state index contributed by atoms with van der Waals surface area (Å²) in [5, 5.41) is 0. The van der Waals surface area contributed by atoms with E-state index in [2.05, 4.69) is 13.8 Å². The molecule has 72 valence electrons. The molecule has 0 N–H and O–H groups in total. The van der Waals surface area contributed by atoms with Crippen LogP contribution in [0.3, 0.4) is 0 Å². The molecule has 0 bridgehead atoms. The van der Waals surface area contributed by atoms with E-state index in [0.717, 1.165) is 0 Å². The van der Waals surface area contributed by atoms with Crippen LogP contribution in [0.15, 0.2) is 11.8 Å². The van der Waals surface area contributed by atoms with Crippen molar-refractivity contribution in [2.24, 2.45) is 0 Å². The van der Waals surface area contributed by atoms with Gasteiger partial charge in [0, 0.05) is 0 Å². The third-order valence-corrected chi connectivity index (χ3v) is 1.99. The Morgan fingerprint density at radius 1 is 1.08 bits per heavy atom. The van der Waals surface area contributed by atoms with E-state index in [1.807, 2.05) is 6.26 Å². The van der Waals surface area contributed by atoms with Gasteiger partial charge in [0.25, 0.3) is 0 Å². The second-order valence-corrected chi connectivity index (χ2v) is 3.22. The highest BCUT2D eigenvalue weighted by atomic mass is 16.5. The summed E-state index contributed by atoms with van der Waals surface area (Å²) in [4.78, 5) is 0. The molecule has 0 rings (SSSR count). The van der Waals surface area contributed by atoms with Crippen molar-refractivity contribution in [1.29, 1.82) is 0 Å². The predicted octanol–water partition coefficient (Wildman–Crippen LogP) is 3.90. The third kappa shape index (κ3) is 6.26. The average Bonchev–Trinajstić information content (AvgIpc) is 2.10. The van der Waals surface area contributed by atoms with E-state index < -0.39 is 0 Å². The topological polar surface area (TPSA) is 9.23 Å². The van der Waals surface area contributed by atoms with Crippen molar-refractivity contribution in [3.8, 4) is 0 Å². The zero-order chi connectivity index (χ0) is 9.23. The van der Waals surface area contributed by atoms with Crippen LogP contribution in [0.4, 0.5) is 0 Å². The Hall–Kier alpha value is -0.460. The van der Waals surface area contributed by atoms with Gasteiger partial charge in [-0.05, 0) is 31.3 Å². The van der Waals surface area contributed by atoms with Crippen molar-refractivity contribution in [3.63, 3.8) is 0 Å². The smallest absolute Gasteiger partial charge is 0.0816 e. The van der Waals surface area contributed by atoms with E-state index in [-0.39, 0.29) is 0 Å². The van der Waals surface area contributed by atoms with E-state index in [4.69, 9.17) is 4.74 Å². The molecule has 0 radical (unpaired) electrons. The molecule has 1 nitrogen and oxygen atoms in total. The lowest BCUT2D eigenvalue weighted by atomic mass is 10.0. The number of ether oxygens (including phenoxy) is 1. The predicted molar refractivity (Wildman–Crippen MR) is 54.1 cm³/mol. The number of methoxy groups -OCH3 is 1. The number of allylic oxidation sites excluding steroid dienone is 1. The number of hydrogen-bond acceptors (Lipinski definition) is 1. The van der Waals surface area contributed by atoms with E-state index in [0.29, 0.717) is 0 Å². The Balaban J connectivity index is 3.62. The van der Waals surface area contributed by atoms with Gasteiger partial charge in [-0.15, -0.1) is 0 Å². The van der Waals surface area contributed by atoms with Crippen LogP contribution < -0.4 is 0 Å². The Bertz CT molecular complexity index is 106. The van der Waals surface area contributed by atoms with E-state index in [9.17, 15) is 0 Å². The zero-order valence-electron chi connectivity index (χ0n) is 8.73. The van der Waals surface area contributed by atoms with Crippen LogP contribution >= 0.6 is 0 Å². The summed E-state index contributed by atoms with van der Waals surface area (Å²) >= 11 is 0. The van der Waals surface area contributed by atoms with Crippen molar-refractivity contribution >= 4 is 0 Å². The summed E-state index contributed by atoms with van der Waals surface area (Å²) in [5.41, 5.74) is 1.47. The van der Waals surface area contributed by atoms with Crippen molar-refractivity contribution in [2.45, 2.75) is 52.4 Å². The van der Waals surface area contributed by atoms with Crippen LogP contribution in [0.1, 0.15) is 52.4 Å². The molecule has 0 aromatic heterocycles. The van der Waals surface area contributed by atoms with Gasteiger partial charge < -0.3 is 4.74 Å². The first-order valence-electron chi connectivity index (χ1n) is 5.05. The second-order valence-electron chi connectivity index (χ2n) is 3.22. The Morgan fingerprint density at radius 3 is 1.92 bits per heavy atom. The molecular formula is C11H22O. The minimum absolute atomic E-state index is 1.21. The van der Waals surface area contributed by atoms with Gasteiger partial charge in [-0.25, -0.2) is 0 Å². The second kappa shape index (κ2) is 8.63. The van der Waals surface area contributed by atoms with Gasteiger partial charge in [-0.3, -0.25) is 0 Å². The normalized spacial score (nSPS) is 9.58. The average molecular weight is 170 g/mol. The molecule has 0 aliphatic heterocycles. The fourth-order valence-corrected chi connectivity index (χ4v) is 1.22. The van der Waals surface area contributed by atoms with E-state index in [1.165, 1.54) is 44.1 Å². The molecule has 0 aliphatic carbocycles. The van der Waals surface area contributed by atoms with Crippen molar-refractivity contribution in [2.75, 3.05) is 7.11 Å².